The molecule has 2 aliphatic carbocycles. The standard InChI is InChI=1S/C26H31N5O2.C24H27N5O/c32-16-15-31-13-11-20(12-14-31)27-26(33)28-21-7-9-23-19(17-21)6-10-25(29-23)30-24-8-5-18-3-1-2-4-22(18)24;30-24(26-18-11-13-25-14-12-18)27-19-7-9-21-17(15-19)6-10-23(28-21)29-22-8-5-16-3-1-2-4-20(16)22/h1-4,6-7,9-10,17,20,24,32H,5,8,11-16H2,(H,29,30)(H2,27,28,33);1-4,6-7,9-10,15,18,22,25H,5,8,11-14H2,(H,28,29)(H2,26,27,30)/t24-;22-/m11/s1. The number of aromatic nitrogens is 2. The molecule has 2 fully saturated rings. The first-order chi connectivity index (χ1) is 30.9. The topological polar surface area (TPSA) is 168 Å². The molecule has 0 spiro atoms. The maximum Gasteiger partial charge on any atom is 0.319 e. The molecule has 0 unspecified atom stereocenters. The number of nitrogens with zero attached hydrogens (tertiary/aromatic N) is 3. The Labute approximate surface area is 368 Å². The average molecular weight is 847 g/mol. The van der Waals surface area contributed by atoms with Crippen LogP contribution in [0.5, 0.6) is 0 Å². The molecule has 2 aromatic heterocycles. The summed E-state index contributed by atoms with van der Waals surface area (Å²) in [5.41, 5.74) is 8.92. The fourth-order valence-corrected chi connectivity index (χ4v) is 9.45. The first-order valence-electron chi connectivity index (χ1n) is 22.6. The zero-order valence-electron chi connectivity index (χ0n) is 35.7. The number of pyridine rings is 2. The molecule has 63 heavy (non-hydrogen) atoms. The number of amides is 4. The summed E-state index contributed by atoms with van der Waals surface area (Å²) in [6.45, 7) is 4.59. The van der Waals surface area contributed by atoms with Crippen molar-refractivity contribution in [1.29, 1.82) is 0 Å². The average Bonchev–Trinajstić information content (AvgIpc) is 3.91. The lowest BCUT2D eigenvalue weighted by molar-refractivity contribution is 0.158. The summed E-state index contributed by atoms with van der Waals surface area (Å²) < 4.78 is 0. The Bertz CT molecular complexity index is 2540. The number of piperidine rings is 2. The maximum atomic E-state index is 12.5. The van der Waals surface area contributed by atoms with E-state index in [9.17, 15) is 9.59 Å². The van der Waals surface area contributed by atoms with Crippen LogP contribution in [0, 0.1) is 0 Å². The van der Waals surface area contributed by atoms with E-state index in [2.05, 4.69) is 96.7 Å². The van der Waals surface area contributed by atoms with Gasteiger partial charge in [0.25, 0.3) is 0 Å². The number of carbonyl (C=O) groups is 2. The molecule has 2 atom stereocenters. The number of hydrogen-bond acceptors (Lipinski definition) is 9. The Balaban J connectivity index is 0.000000161. The van der Waals surface area contributed by atoms with Gasteiger partial charge in [-0.3, -0.25) is 0 Å². The third-order valence-electron chi connectivity index (χ3n) is 12.8. The Morgan fingerprint density at radius 1 is 0.603 bits per heavy atom. The molecular formula is C50H58N10O3. The van der Waals surface area contributed by atoms with E-state index in [1.54, 1.807) is 0 Å². The SMILES string of the molecule is O=C(Nc1ccc2nc(N[C@@H]3CCc4ccccc43)ccc2c1)NC1CCN(CCO)CC1.O=C(Nc1ccc2nc(N[C@@H]3CCc4ccccc43)ccc2c1)NC1CCNCC1. The van der Waals surface area contributed by atoms with Gasteiger partial charge in [-0.1, -0.05) is 48.5 Å². The van der Waals surface area contributed by atoms with E-state index in [4.69, 9.17) is 15.1 Å². The van der Waals surface area contributed by atoms with E-state index in [1.165, 1.54) is 22.3 Å². The fourth-order valence-electron chi connectivity index (χ4n) is 9.45. The quantitative estimate of drug-likeness (QED) is 0.0680. The van der Waals surface area contributed by atoms with Gasteiger partial charge in [-0.25, -0.2) is 19.6 Å². The first-order valence-corrected chi connectivity index (χ1v) is 22.6. The van der Waals surface area contributed by atoms with Crippen molar-refractivity contribution in [2.75, 3.05) is 60.6 Å². The highest BCUT2D eigenvalue weighted by atomic mass is 16.3. The lowest BCUT2D eigenvalue weighted by Gasteiger charge is -2.31. The van der Waals surface area contributed by atoms with E-state index in [-0.39, 0.29) is 30.8 Å². The van der Waals surface area contributed by atoms with Crippen LogP contribution in [-0.2, 0) is 12.8 Å². The highest BCUT2D eigenvalue weighted by Crippen LogP contribution is 2.35. The molecule has 0 radical (unpaired) electrons. The van der Waals surface area contributed by atoms with Crippen molar-refractivity contribution in [2.24, 2.45) is 0 Å². The minimum Gasteiger partial charge on any atom is -0.395 e. The van der Waals surface area contributed by atoms with Gasteiger partial charge in [-0.05, 0) is 147 Å². The molecule has 0 bridgehead atoms. The van der Waals surface area contributed by atoms with Gasteiger partial charge in [0.1, 0.15) is 11.6 Å². The fraction of sp³-hybridized carbons (Fsp3) is 0.360. The third-order valence-corrected chi connectivity index (χ3v) is 12.8. The Kier molecular flexibility index (Phi) is 13.2. The van der Waals surface area contributed by atoms with Crippen LogP contribution in [0.15, 0.2) is 109 Å². The molecule has 10 rings (SSSR count). The monoisotopic (exact) mass is 846 g/mol. The summed E-state index contributed by atoms with van der Waals surface area (Å²) in [5.74, 6) is 1.75. The van der Waals surface area contributed by atoms with E-state index >= 15 is 0 Å². The highest BCUT2D eigenvalue weighted by molar-refractivity contribution is 5.94. The minimum absolute atomic E-state index is 0.146. The molecule has 2 aliphatic heterocycles. The van der Waals surface area contributed by atoms with Crippen molar-refractivity contribution < 1.29 is 14.7 Å². The second-order valence-corrected chi connectivity index (χ2v) is 17.1. The second kappa shape index (κ2) is 19.8. The number of urea groups is 2. The number of carbonyl (C=O) groups excluding carboxylic acids is 2. The van der Waals surface area contributed by atoms with E-state index in [1.807, 2.05) is 54.6 Å². The van der Waals surface area contributed by atoms with E-state index < -0.39 is 0 Å². The smallest absolute Gasteiger partial charge is 0.319 e. The molecule has 4 aliphatic rings. The number of β-amino-alcohol motifs (C(OH)–C–C–N with tert-alkyl or cyclic N) is 1. The van der Waals surface area contributed by atoms with Crippen molar-refractivity contribution in [3.8, 4) is 0 Å². The van der Waals surface area contributed by atoms with Gasteiger partial charge in [0.05, 0.1) is 29.7 Å². The molecule has 6 aromatic rings. The predicted octanol–water partition coefficient (Wildman–Crippen LogP) is 8.12. The van der Waals surface area contributed by atoms with Gasteiger partial charge in [0.15, 0.2) is 0 Å². The first kappa shape index (κ1) is 42.0. The van der Waals surface area contributed by atoms with Gasteiger partial charge >= 0.3 is 12.1 Å². The van der Waals surface area contributed by atoms with Gasteiger partial charge < -0.3 is 47.2 Å². The number of likely N-dealkylation sites (tertiary alicyclic amines) is 1. The Morgan fingerprint density at radius 2 is 1.10 bits per heavy atom. The summed E-state index contributed by atoms with van der Waals surface area (Å²) in [6, 6.07) is 37.7. The van der Waals surface area contributed by atoms with Crippen LogP contribution in [0.4, 0.5) is 32.6 Å². The van der Waals surface area contributed by atoms with Gasteiger partial charge in [0.2, 0.25) is 0 Å². The van der Waals surface area contributed by atoms with Crippen molar-refractivity contribution in [3.05, 3.63) is 131 Å². The van der Waals surface area contributed by atoms with Crippen LogP contribution in [0.25, 0.3) is 21.8 Å². The van der Waals surface area contributed by atoms with Crippen LogP contribution in [0.3, 0.4) is 0 Å². The molecule has 8 N–H and O–H groups in total. The molecule has 4 aromatic carbocycles. The van der Waals surface area contributed by atoms with E-state index in [0.29, 0.717) is 18.6 Å². The van der Waals surface area contributed by atoms with Crippen molar-refractivity contribution >= 4 is 56.9 Å². The highest BCUT2D eigenvalue weighted by Gasteiger charge is 2.24. The molecule has 326 valence electrons. The maximum absolute atomic E-state index is 12.5. The zero-order chi connectivity index (χ0) is 43.0. The van der Waals surface area contributed by atoms with Gasteiger partial charge in [-0.2, -0.15) is 0 Å². The number of aryl methyl sites for hydroxylation is 2. The summed E-state index contributed by atoms with van der Waals surface area (Å²) in [4.78, 5) is 36.6. The number of aliphatic hydroxyl groups excluding tert-OH is 1. The number of aliphatic hydroxyl groups is 1. The molecule has 13 heteroatoms. The van der Waals surface area contributed by atoms with Crippen LogP contribution >= 0.6 is 0 Å². The molecule has 4 amide bonds. The van der Waals surface area contributed by atoms with Gasteiger partial charge in [-0.15, -0.1) is 0 Å². The second-order valence-electron chi connectivity index (χ2n) is 17.1. The summed E-state index contributed by atoms with van der Waals surface area (Å²) in [5, 5.41) is 33.6. The van der Waals surface area contributed by atoms with Crippen LogP contribution in [-0.4, -0.2) is 83.5 Å². The van der Waals surface area contributed by atoms with Crippen molar-refractivity contribution in [1.82, 2.24) is 30.8 Å². The largest absolute Gasteiger partial charge is 0.395 e. The Hall–Kier alpha value is -6.28. The summed E-state index contributed by atoms with van der Waals surface area (Å²) in [7, 11) is 0. The third kappa shape index (κ3) is 10.7. The Morgan fingerprint density at radius 3 is 1.60 bits per heavy atom. The van der Waals surface area contributed by atoms with Crippen LogP contribution in [0.2, 0.25) is 0 Å². The minimum atomic E-state index is -0.180. The normalized spacial score (nSPS) is 18.7. The van der Waals surface area contributed by atoms with Crippen molar-refractivity contribution in [2.45, 2.75) is 75.5 Å². The van der Waals surface area contributed by atoms with Crippen LogP contribution in [0.1, 0.15) is 72.9 Å². The van der Waals surface area contributed by atoms with Crippen molar-refractivity contribution in [3.63, 3.8) is 0 Å². The van der Waals surface area contributed by atoms with E-state index in [0.717, 1.165) is 122 Å². The van der Waals surface area contributed by atoms with Gasteiger partial charge in [0, 0.05) is 53.9 Å². The number of hydrogen-bond donors (Lipinski definition) is 8. The number of benzene rings is 4. The number of nitrogens with one attached hydrogen (secondary N) is 7. The molecule has 0 saturated carbocycles. The summed E-state index contributed by atoms with van der Waals surface area (Å²) >= 11 is 0. The molecule has 4 heterocycles. The number of anilines is 4. The van der Waals surface area contributed by atoms with Crippen LogP contribution < -0.4 is 37.2 Å². The lowest BCUT2D eigenvalue weighted by atomic mass is 10.1. The zero-order valence-corrected chi connectivity index (χ0v) is 35.7. The molecular weight excluding hydrogens is 789 g/mol. The number of fused-ring (bicyclic) bond motifs is 4. The molecule has 2 saturated heterocycles. The predicted molar refractivity (Wildman–Crippen MR) is 252 cm³/mol. The lowest BCUT2D eigenvalue weighted by Crippen LogP contribution is -2.46. The summed E-state index contributed by atoms with van der Waals surface area (Å²) in [6.07, 6.45) is 8.11. The number of rotatable bonds is 10. The molecule has 13 nitrogen and oxygen atoms in total.